The largest absolute Gasteiger partial charge is 0.336 e. The van der Waals surface area contributed by atoms with Crippen LogP contribution in [0, 0.1) is 0 Å². The third-order valence-electron chi connectivity index (χ3n) is 4.93. The van der Waals surface area contributed by atoms with Gasteiger partial charge in [-0.15, -0.1) is 0 Å². The number of urea groups is 1. The van der Waals surface area contributed by atoms with E-state index in [0.717, 1.165) is 34.5 Å². The molecule has 0 saturated heterocycles. The number of fused-ring (bicyclic) bond motifs is 1. The van der Waals surface area contributed by atoms with Crippen molar-refractivity contribution >= 4 is 22.8 Å². The Morgan fingerprint density at radius 3 is 2.41 bits per heavy atom. The normalized spacial score (nSPS) is 10.8. The molecule has 0 unspecified atom stereocenters. The van der Waals surface area contributed by atoms with Gasteiger partial charge >= 0.3 is 6.03 Å². The minimum atomic E-state index is -0.208. The van der Waals surface area contributed by atoms with E-state index >= 15 is 0 Å². The molecule has 0 aliphatic heterocycles. The van der Waals surface area contributed by atoms with Crippen molar-refractivity contribution in [2.45, 2.75) is 19.9 Å². The van der Waals surface area contributed by atoms with Crippen molar-refractivity contribution in [2.75, 3.05) is 11.9 Å². The summed E-state index contributed by atoms with van der Waals surface area (Å²) in [6.07, 6.45) is 0.981. The van der Waals surface area contributed by atoms with E-state index in [-0.39, 0.29) is 6.03 Å². The van der Waals surface area contributed by atoms with E-state index < -0.39 is 0 Å². The molecule has 0 aliphatic carbocycles. The van der Waals surface area contributed by atoms with Crippen LogP contribution in [-0.4, -0.2) is 22.1 Å². The van der Waals surface area contributed by atoms with Crippen LogP contribution >= 0.6 is 0 Å². The van der Waals surface area contributed by atoms with Crippen molar-refractivity contribution in [1.29, 1.82) is 0 Å². The van der Waals surface area contributed by atoms with E-state index in [4.69, 9.17) is 4.98 Å². The number of nitrogens with zero attached hydrogens (tertiary/aromatic N) is 2. The van der Waals surface area contributed by atoms with Crippen molar-refractivity contribution in [1.82, 2.24) is 14.9 Å². The van der Waals surface area contributed by atoms with Crippen LogP contribution in [0.25, 0.3) is 22.4 Å². The summed E-state index contributed by atoms with van der Waals surface area (Å²) in [6, 6.07) is 25.9. The highest BCUT2D eigenvalue weighted by Crippen LogP contribution is 2.24. The lowest BCUT2D eigenvalue weighted by atomic mass is 10.1. The van der Waals surface area contributed by atoms with Gasteiger partial charge in [-0.05, 0) is 36.2 Å². The van der Waals surface area contributed by atoms with Crippen molar-refractivity contribution in [3.8, 4) is 11.4 Å². The first-order chi connectivity index (χ1) is 14.2. The van der Waals surface area contributed by atoms with Crippen LogP contribution in [0.2, 0.25) is 0 Å². The third kappa shape index (κ3) is 4.29. The molecular weight excluding hydrogens is 360 g/mol. The zero-order valence-corrected chi connectivity index (χ0v) is 16.4. The standard InChI is InChI=1S/C24H24N4O/c1-2-18-12-14-20(15-13-18)26-24(29)25-16-17-28-22-11-7-6-10-21(22)27-23(28)19-8-4-3-5-9-19/h3-15H,2,16-17H2,1H3,(H2,25,26,29). The molecule has 1 heterocycles. The highest BCUT2D eigenvalue weighted by atomic mass is 16.2. The smallest absolute Gasteiger partial charge is 0.319 e. The Labute approximate surface area is 170 Å². The predicted octanol–water partition coefficient (Wildman–Crippen LogP) is 5.09. The highest BCUT2D eigenvalue weighted by Gasteiger charge is 2.12. The predicted molar refractivity (Wildman–Crippen MR) is 118 cm³/mol. The molecule has 0 saturated carbocycles. The average molecular weight is 384 g/mol. The van der Waals surface area contributed by atoms with Gasteiger partial charge in [0.2, 0.25) is 0 Å². The number of carbonyl (C=O) groups excluding carboxylic acids is 1. The van der Waals surface area contributed by atoms with Crippen LogP contribution in [0.5, 0.6) is 0 Å². The third-order valence-corrected chi connectivity index (χ3v) is 4.93. The lowest BCUT2D eigenvalue weighted by molar-refractivity contribution is 0.251. The lowest BCUT2D eigenvalue weighted by Gasteiger charge is -2.11. The molecule has 29 heavy (non-hydrogen) atoms. The second-order valence-electron chi connectivity index (χ2n) is 6.87. The van der Waals surface area contributed by atoms with Gasteiger partial charge < -0.3 is 15.2 Å². The summed E-state index contributed by atoms with van der Waals surface area (Å²) >= 11 is 0. The number of rotatable bonds is 6. The Kier molecular flexibility index (Phi) is 5.56. The van der Waals surface area contributed by atoms with Crippen LogP contribution in [0.4, 0.5) is 10.5 Å². The molecule has 5 heteroatoms. The maximum absolute atomic E-state index is 12.3. The maximum Gasteiger partial charge on any atom is 0.319 e. The number of imidazole rings is 1. The van der Waals surface area contributed by atoms with E-state index in [9.17, 15) is 4.79 Å². The maximum atomic E-state index is 12.3. The quantitative estimate of drug-likeness (QED) is 0.487. The van der Waals surface area contributed by atoms with Gasteiger partial charge in [0.05, 0.1) is 11.0 Å². The minimum absolute atomic E-state index is 0.208. The fraction of sp³-hybridized carbons (Fsp3) is 0.167. The molecule has 2 amide bonds. The molecule has 146 valence electrons. The lowest BCUT2D eigenvalue weighted by Crippen LogP contribution is -2.31. The SMILES string of the molecule is CCc1ccc(NC(=O)NCCn2c(-c3ccccc3)nc3ccccc32)cc1. The number of aryl methyl sites for hydroxylation is 1. The van der Waals surface area contributed by atoms with Crippen LogP contribution in [0.15, 0.2) is 78.9 Å². The summed E-state index contributed by atoms with van der Waals surface area (Å²) in [5, 5.41) is 5.82. The molecule has 0 fully saturated rings. The van der Waals surface area contributed by atoms with Gasteiger partial charge in [-0.2, -0.15) is 0 Å². The molecule has 0 bridgehead atoms. The molecule has 4 rings (SSSR count). The Balaban J connectivity index is 1.46. The Bertz CT molecular complexity index is 1100. The zero-order chi connectivity index (χ0) is 20.1. The fourth-order valence-corrected chi connectivity index (χ4v) is 3.39. The number of carbonyl (C=O) groups is 1. The number of amides is 2. The van der Waals surface area contributed by atoms with E-state index in [2.05, 4.69) is 40.3 Å². The molecular formula is C24H24N4O. The summed E-state index contributed by atoms with van der Waals surface area (Å²) in [5.41, 5.74) is 5.11. The molecule has 0 spiro atoms. The Morgan fingerprint density at radius 2 is 1.66 bits per heavy atom. The molecule has 0 atom stereocenters. The van der Waals surface area contributed by atoms with Crippen molar-refractivity contribution in [2.24, 2.45) is 0 Å². The molecule has 1 aromatic heterocycles. The number of benzene rings is 3. The Morgan fingerprint density at radius 1 is 0.931 bits per heavy atom. The summed E-state index contributed by atoms with van der Waals surface area (Å²) in [6.45, 7) is 3.24. The molecule has 4 aromatic rings. The monoisotopic (exact) mass is 384 g/mol. The van der Waals surface area contributed by atoms with Crippen molar-refractivity contribution < 1.29 is 4.79 Å². The average Bonchev–Trinajstić information content (AvgIpc) is 3.14. The van der Waals surface area contributed by atoms with E-state index in [0.29, 0.717) is 13.1 Å². The summed E-state index contributed by atoms with van der Waals surface area (Å²) in [7, 11) is 0. The number of hydrogen-bond donors (Lipinski definition) is 2. The van der Waals surface area contributed by atoms with Crippen molar-refractivity contribution in [3.63, 3.8) is 0 Å². The van der Waals surface area contributed by atoms with Gasteiger partial charge in [0.15, 0.2) is 0 Å². The van der Waals surface area contributed by atoms with Gasteiger partial charge in [0.25, 0.3) is 0 Å². The first kappa shape index (κ1) is 18.7. The van der Waals surface area contributed by atoms with Gasteiger partial charge in [0.1, 0.15) is 5.82 Å². The number of aromatic nitrogens is 2. The van der Waals surface area contributed by atoms with Crippen molar-refractivity contribution in [3.05, 3.63) is 84.4 Å². The van der Waals surface area contributed by atoms with E-state index in [1.807, 2.05) is 60.7 Å². The minimum Gasteiger partial charge on any atom is -0.336 e. The summed E-state index contributed by atoms with van der Waals surface area (Å²) < 4.78 is 2.15. The number of anilines is 1. The number of nitrogens with one attached hydrogen (secondary N) is 2. The van der Waals surface area contributed by atoms with Crippen LogP contribution < -0.4 is 10.6 Å². The molecule has 3 aromatic carbocycles. The number of hydrogen-bond acceptors (Lipinski definition) is 2. The molecule has 0 aliphatic rings. The van der Waals surface area contributed by atoms with Crippen LogP contribution in [0.1, 0.15) is 12.5 Å². The van der Waals surface area contributed by atoms with E-state index in [1.54, 1.807) is 0 Å². The first-order valence-electron chi connectivity index (χ1n) is 9.89. The summed E-state index contributed by atoms with van der Waals surface area (Å²) in [4.78, 5) is 17.1. The first-order valence-corrected chi connectivity index (χ1v) is 9.89. The zero-order valence-electron chi connectivity index (χ0n) is 16.4. The van der Waals surface area contributed by atoms with Gasteiger partial charge in [-0.1, -0.05) is 61.5 Å². The van der Waals surface area contributed by atoms with Crippen LogP contribution in [-0.2, 0) is 13.0 Å². The molecule has 2 N–H and O–H groups in total. The topological polar surface area (TPSA) is 59.0 Å². The highest BCUT2D eigenvalue weighted by molar-refractivity contribution is 5.89. The van der Waals surface area contributed by atoms with Crippen LogP contribution in [0.3, 0.4) is 0 Å². The van der Waals surface area contributed by atoms with Gasteiger partial charge in [0, 0.05) is 24.3 Å². The second kappa shape index (κ2) is 8.61. The van der Waals surface area contributed by atoms with Gasteiger partial charge in [-0.25, -0.2) is 9.78 Å². The molecule has 0 radical (unpaired) electrons. The molecule has 5 nitrogen and oxygen atoms in total. The second-order valence-corrected chi connectivity index (χ2v) is 6.87. The Hall–Kier alpha value is -3.60. The van der Waals surface area contributed by atoms with E-state index in [1.165, 1.54) is 5.56 Å². The van der Waals surface area contributed by atoms with Gasteiger partial charge in [-0.3, -0.25) is 0 Å². The summed E-state index contributed by atoms with van der Waals surface area (Å²) in [5.74, 6) is 0.907. The fourth-order valence-electron chi connectivity index (χ4n) is 3.39. The number of para-hydroxylation sites is 2.